The molecule has 1 aliphatic heterocycles. The Hall–Kier alpha value is -2.17. The normalized spacial score (nSPS) is 23.2. The molecular weight excluding hydrogens is 364 g/mol. The van der Waals surface area contributed by atoms with E-state index in [1.54, 1.807) is 0 Å². The monoisotopic (exact) mass is 394 g/mol. The Labute approximate surface area is 169 Å². The Bertz CT molecular complexity index is 790. The van der Waals surface area contributed by atoms with Crippen molar-refractivity contribution in [3.8, 4) is 0 Å². The van der Waals surface area contributed by atoms with Crippen molar-refractivity contribution < 1.29 is 14.6 Å². The molecule has 1 N–H and O–H groups in total. The summed E-state index contributed by atoms with van der Waals surface area (Å²) in [6.45, 7) is 10.6. The average Bonchev–Trinajstić information content (AvgIpc) is 2.69. The Morgan fingerprint density at radius 2 is 1.61 bits per heavy atom. The van der Waals surface area contributed by atoms with Gasteiger partial charge in [-0.1, -0.05) is 79.7 Å². The lowest BCUT2D eigenvalue weighted by Gasteiger charge is -2.53. The molecule has 28 heavy (non-hydrogen) atoms. The number of ether oxygens (including phenoxy) is 1. The van der Waals surface area contributed by atoms with Crippen LogP contribution in [0.15, 0.2) is 72.4 Å². The Balaban J connectivity index is 2.11. The van der Waals surface area contributed by atoms with E-state index >= 15 is 0 Å². The second kappa shape index (κ2) is 8.06. The van der Waals surface area contributed by atoms with Gasteiger partial charge in [-0.3, -0.25) is 4.79 Å². The molecule has 1 aliphatic rings. The Kier molecular flexibility index (Phi) is 5.92. The van der Waals surface area contributed by atoms with Crippen LogP contribution in [-0.4, -0.2) is 31.9 Å². The molecule has 0 radical (unpaired) electrons. The number of esters is 1. The van der Waals surface area contributed by atoms with E-state index in [4.69, 9.17) is 4.74 Å². The summed E-state index contributed by atoms with van der Waals surface area (Å²) in [6, 6.07) is 21.8. The van der Waals surface area contributed by atoms with Crippen LogP contribution >= 0.6 is 0 Å². The summed E-state index contributed by atoms with van der Waals surface area (Å²) in [7, 11) is -2.42. The molecule has 0 saturated carbocycles. The number of carbonyl (C=O) groups excluding carboxylic acids is 1. The minimum absolute atomic E-state index is 0.0719. The second-order valence-electron chi connectivity index (χ2n) is 8.39. The Morgan fingerprint density at radius 3 is 2.07 bits per heavy atom. The lowest BCUT2D eigenvalue weighted by atomic mass is 9.72. The maximum Gasteiger partial charge on any atom is 0.302 e. The lowest BCUT2D eigenvalue weighted by molar-refractivity contribution is -0.141. The van der Waals surface area contributed by atoms with Gasteiger partial charge in [0.15, 0.2) is 0 Å². The smallest absolute Gasteiger partial charge is 0.302 e. The summed E-state index contributed by atoms with van der Waals surface area (Å²) in [5, 5.41) is 15.0. The van der Waals surface area contributed by atoms with Crippen molar-refractivity contribution in [1.29, 1.82) is 0 Å². The highest BCUT2D eigenvalue weighted by atomic mass is 28.3. The zero-order valence-electron chi connectivity index (χ0n) is 17.0. The summed E-state index contributed by atoms with van der Waals surface area (Å²) in [5.41, 5.74) is -0.322. The first kappa shape index (κ1) is 20.6. The quantitative estimate of drug-likeness (QED) is 0.625. The molecule has 0 spiro atoms. The van der Waals surface area contributed by atoms with E-state index in [-0.39, 0.29) is 17.3 Å². The molecule has 0 aliphatic carbocycles. The highest BCUT2D eigenvalue weighted by Gasteiger charge is 2.55. The van der Waals surface area contributed by atoms with Crippen LogP contribution in [0.4, 0.5) is 0 Å². The van der Waals surface area contributed by atoms with E-state index in [2.05, 4.69) is 69.0 Å². The van der Waals surface area contributed by atoms with Gasteiger partial charge in [0.1, 0.15) is 8.07 Å². The predicted octanol–water partition coefficient (Wildman–Crippen LogP) is 3.32. The largest absolute Gasteiger partial charge is 0.466 e. The summed E-state index contributed by atoms with van der Waals surface area (Å²) in [6.07, 6.45) is 0.226. The maximum absolute atomic E-state index is 11.3. The third kappa shape index (κ3) is 3.59. The van der Waals surface area contributed by atoms with E-state index in [1.807, 2.05) is 12.1 Å². The van der Waals surface area contributed by atoms with Gasteiger partial charge >= 0.3 is 5.97 Å². The van der Waals surface area contributed by atoms with Crippen molar-refractivity contribution in [2.24, 2.45) is 11.3 Å². The minimum atomic E-state index is -2.42. The maximum atomic E-state index is 11.3. The summed E-state index contributed by atoms with van der Waals surface area (Å²) in [5.74, 6) is -0.197. The van der Waals surface area contributed by atoms with Gasteiger partial charge in [-0.15, -0.1) is 6.58 Å². The van der Waals surface area contributed by atoms with Crippen molar-refractivity contribution in [2.45, 2.75) is 39.3 Å². The van der Waals surface area contributed by atoms with Gasteiger partial charge in [-0.25, -0.2) is 0 Å². The number of rotatable bonds is 5. The first-order chi connectivity index (χ1) is 13.3. The molecule has 3 rings (SSSR count). The first-order valence-corrected chi connectivity index (χ1v) is 12.1. The molecular formula is C24H30O3Si. The standard InChI is InChI=1S/C24H30O3Si/c1-18-22(15-16-27-19(2)25)24(3,4)23(26)17-28(18,20-11-7-5-8-12-20)21-13-9-6-10-14-21/h5-14,22-23,26H,1,15-17H2,2-4H3/t22-,23+/m1/s1. The van der Waals surface area contributed by atoms with Crippen molar-refractivity contribution in [2.75, 3.05) is 6.61 Å². The predicted molar refractivity (Wildman–Crippen MR) is 116 cm³/mol. The third-order valence-corrected chi connectivity index (χ3v) is 11.6. The van der Waals surface area contributed by atoms with E-state index in [1.165, 1.54) is 22.5 Å². The van der Waals surface area contributed by atoms with Crippen molar-refractivity contribution in [3.05, 3.63) is 72.4 Å². The molecule has 0 aromatic heterocycles. The van der Waals surface area contributed by atoms with Gasteiger partial charge in [0, 0.05) is 6.92 Å². The van der Waals surface area contributed by atoms with Crippen LogP contribution in [0.5, 0.6) is 0 Å². The summed E-state index contributed by atoms with van der Waals surface area (Å²) in [4.78, 5) is 11.3. The van der Waals surface area contributed by atoms with Crippen molar-refractivity contribution in [1.82, 2.24) is 0 Å². The van der Waals surface area contributed by atoms with Gasteiger partial charge in [0.2, 0.25) is 0 Å². The molecule has 0 unspecified atom stereocenters. The average molecular weight is 395 g/mol. The molecule has 3 nitrogen and oxygen atoms in total. The zero-order valence-corrected chi connectivity index (χ0v) is 18.0. The van der Waals surface area contributed by atoms with Gasteiger partial charge in [0.05, 0.1) is 12.7 Å². The number of allylic oxidation sites excluding steroid dienone is 1. The molecule has 1 heterocycles. The summed E-state index contributed by atoms with van der Waals surface area (Å²) >= 11 is 0. The molecule has 2 atom stereocenters. The third-order valence-electron chi connectivity index (χ3n) is 6.47. The van der Waals surface area contributed by atoms with Gasteiger partial charge in [-0.2, -0.15) is 0 Å². The second-order valence-corrected chi connectivity index (χ2v) is 12.4. The number of hydrogen-bond donors (Lipinski definition) is 1. The molecule has 2 aromatic carbocycles. The topological polar surface area (TPSA) is 46.5 Å². The van der Waals surface area contributed by atoms with Crippen molar-refractivity contribution >= 4 is 24.4 Å². The van der Waals surface area contributed by atoms with Crippen LogP contribution in [0.2, 0.25) is 6.04 Å². The van der Waals surface area contributed by atoms with E-state index in [0.29, 0.717) is 13.0 Å². The van der Waals surface area contributed by atoms with Crippen LogP contribution in [0.1, 0.15) is 27.2 Å². The molecule has 148 valence electrons. The van der Waals surface area contributed by atoms with Crippen molar-refractivity contribution in [3.63, 3.8) is 0 Å². The van der Waals surface area contributed by atoms with E-state index < -0.39 is 14.2 Å². The highest BCUT2D eigenvalue weighted by molar-refractivity contribution is 7.07. The summed E-state index contributed by atoms with van der Waals surface area (Å²) < 4.78 is 5.25. The van der Waals surface area contributed by atoms with Crippen LogP contribution in [-0.2, 0) is 9.53 Å². The molecule has 1 fully saturated rings. The molecule has 0 amide bonds. The van der Waals surface area contributed by atoms with Gasteiger partial charge in [-0.05, 0) is 34.2 Å². The molecule has 0 bridgehead atoms. The molecule has 2 aromatic rings. The molecule has 4 heteroatoms. The van der Waals surface area contributed by atoms with Gasteiger partial charge < -0.3 is 9.84 Å². The minimum Gasteiger partial charge on any atom is -0.466 e. The van der Waals surface area contributed by atoms with E-state index in [0.717, 1.165) is 6.04 Å². The van der Waals surface area contributed by atoms with Crippen LogP contribution in [0, 0.1) is 11.3 Å². The molecule has 1 saturated heterocycles. The number of aliphatic hydroxyl groups is 1. The first-order valence-electron chi connectivity index (χ1n) is 9.92. The lowest BCUT2D eigenvalue weighted by Crippen LogP contribution is -2.68. The fraction of sp³-hybridized carbons (Fsp3) is 0.375. The Morgan fingerprint density at radius 1 is 1.11 bits per heavy atom. The van der Waals surface area contributed by atoms with Gasteiger partial charge in [0.25, 0.3) is 0 Å². The van der Waals surface area contributed by atoms with E-state index in [9.17, 15) is 9.90 Å². The number of carbonyl (C=O) groups is 1. The number of benzene rings is 2. The van der Waals surface area contributed by atoms with Crippen LogP contribution in [0.3, 0.4) is 0 Å². The SMILES string of the molecule is C=C1[C@@H](CCOC(C)=O)C(C)(C)[C@@H](O)C[Si]1(c1ccccc1)c1ccccc1. The fourth-order valence-corrected chi connectivity index (χ4v) is 10.3. The fourth-order valence-electron chi connectivity index (χ4n) is 4.75. The van der Waals surface area contributed by atoms with Crippen LogP contribution in [0.25, 0.3) is 0 Å². The number of hydrogen-bond acceptors (Lipinski definition) is 3. The highest BCUT2D eigenvalue weighted by Crippen LogP contribution is 2.48. The number of aliphatic hydroxyl groups excluding tert-OH is 1. The zero-order chi connectivity index (χ0) is 20.4. The van der Waals surface area contributed by atoms with Crippen LogP contribution < -0.4 is 10.4 Å².